The summed E-state index contributed by atoms with van der Waals surface area (Å²) in [5, 5.41) is 2.93. The fourth-order valence-electron chi connectivity index (χ4n) is 1.65. The zero-order valence-electron chi connectivity index (χ0n) is 11.0. The van der Waals surface area contributed by atoms with E-state index in [-0.39, 0.29) is 5.91 Å². The van der Waals surface area contributed by atoms with E-state index in [9.17, 15) is 4.79 Å². The first-order valence-corrected chi connectivity index (χ1v) is 6.97. The summed E-state index contributed by atoms with van der Waals surface area (Å²) >= 11 is 3.41. The highest BCUT2D eigenvalue weighted by Crippen LogP contribution is 2.18. The minimum absolute atomic E-state index is 0.0198. The number of amides is 1. The largest absolute Gasteiger partial charge is 0.385 e. The number of rotatable bonds is 7. The maximum Gasteiger partial charge on any atom is 0.252 e. The Hall–Kier alpha value is -0.870. The number of benzene rings is 1. The molecule has 0 radical (unpaired) electrons. The maximum atomic E-state index is 11.9. The fourth-order valence-corrected chi connectivity index (χ4v) is 2.32. The molecule has 0 spiro atoms. The van der Waals surface area contributed by atoms with E-state index in [2.05, 4.69) is 21.2 Å². The average molecular weight is 314 g/mol. The summed E-state index contributed by atoms with van der Waals surface area (Å²) in [5.41, 5.74) is 1.83. The molecule has 0 aliphatic rings. The molecule has 1 rings (SSSR count). The number of hydrogen-bond donors (Lipinski definition) is 1. The number of methoxy groups -OCH3 is 1. The minimum atomic E-state index is -0.0198. The van der Waals surface area contributed by atoms with Crippen molar-refractivity contribution >= 4 is 21.8 Å². The molecule has 0 saturated heterocycles. The van der Waals surface area contributed by atoms with Crippen LogP contribution in [0.2, 0.25) is 0 Å². The molecule has 1 N–H and O–H groups in total. The highest BCUT2D eigenvalue weighted by molar-refractivity contribution is 9.10. The molecule has 0 atom stereocenters. The van der Waals surface area contributed by atoms with Crippen molar-refractivity contribution < 1.29 is 9.53 Å². The van der Waals surface area contributed by atoms with E-state index in [0.717, 1.165) is 35.9 Å². The normalized spacial score (nSPS) is 10.4. The molecule has 0 saturated carbocycles. The summed E-state index contributed by atoms with van der Waals surface area (Å²) in [7, 11) is 1.71. The van der Waals surface area contributed by atoms with Crippen LogP contribution in [0, 0.1) is 6.92 Å². The van der Waals surface area contributed by atoms with Gasteiger partial charge in [0.05, 0.1) is 5.56 Å². The molecule has 1 aromatic carbocycles. The topological polar surface area (TPSA) is 38.3 Å². The molecule has 1 aromatic rings. The Morgan fingerprint density at radius 1 is 1.33 bits per heavy atom. The van der Waals surface area contributed by atoms with E-state index in [0.29, 0.717) is 12.1 Å². The van der Waals surface area contributed by atoms with Gasteiger partial charge in [0.1, 0.15) is 0 Å². The van der Waals surface area contributed by atoms with Crippen LogP contribution in [0.15, 0.2) is 22.7 Å². The molecule has 100 valence electrons. The van der Waals surface area contributed by atoms with Crippen molar-refractivity contribution in [3.63, 3.8) is 0 Å². The summed E-state index contributed by atoms with van der Waals surface area (Å²) in [6.07, 6.45) is 3.10. The lowest BCUT2D eigenvalue weighted by Gasteiger charge is -2.07. The van der Waals surface area contributed by atoms with Gasteiger partial charge in [0.2, 0.25) is 0 Å². The highest BCUT2D eigenvalue weighted by Gasteiger charge is 2.08. The number of ether oxygens (including phenoxy) is 1. The van der Waals surface area contributed by atoms with Crippen molar-refractivity contribution in [1.29, 1.82) is 0 Å². The number of halogens is 1. The summed E-state index contributed by atoms with van der Waals surface area (Å²) in [5.74, 6) is -0.0198. The molecule has 4 heteroatoms. The van der Waals surface area contributed by atoms with Crippen molar-refractivity contribution in [3.05, 3.63) is 33.8 Å². The Morgan fingerprint density at radius 2 is 2.11 bits per heavy atom. The van der Waals surface area contributed by atoms with E-state index in [4.69, 9.17) is 4.74 Å². The van der Waals surface area contributed by atoms with E-state index >= 15 is 0 Å². The molecule has 0 unspecified atom stereocenters. The minimum Gasteiger partial charge on any atom is -0.385 e. The van der Waals surface area contributed by atoms with Gasteiger partial charge in [-0.05, 0) is 59.8 Å². The molecule has 0 aliphatic carbocycles. The van der Waals surface area contributed by atoms with E-state index < -0.39 is 0 Å². The number of carbonyl (C=O) groups is 1. The third-order valence-corrected chi connectivity index (χ3v) is 3.34. The van der Waals surface area contributed by atoms with Gasteiger partial charge in [-0.3, -0.25) is 4.79 Å². The van der Waals surface area contributed by atoms with Crippen molar-refractivity contribution in [2.24, 2.45) is 0 Å². The number of carbonyl (C=O) groups excluding carboxylic acids is 1. The first-order chi connectivity index (χ1) is 8.65. The Labute approximate surface area is 117 Å². The predicted molar refractivity (Wildman–Crippen MR) is 76.9 cm³/mol. The van der Waals surface area contributed by atoms with Crippen molar-refractivity contribution in [3.8, 4) is 0 Å². The first-order valence-electron chi connectivity index (χ1n) is 6.18. The van der Waals surface area contributed by atoms with Gasteiger partial charge in [-0.2, -0.15) is 0 Å². The lowest BCUT2D eigenvalue weighted by Crippen LogP contribution is -2.24. The van der Waals surface area contributed by atoms with E-state index in [1.165, 1.54) is 0 Å². The van der Waals surface area contributed by atoms with Gasteiger partial charge >= 0.3 is 0 Å². The predicted octanol–water partition coefficient (Wildman–Crippen LogP) is 3.30. The van der Waals surface area contributed by atoms with Crippen molar-refractivity contribution in [2.75, 3.05) is 20.3 Å². The number of aryl methyl sites for hydroxylation is 1. The van der Waals surface area contributed by atoms with Crippen molar-refractivity contribution in [2.45, 2.75) is 26.2 Å². The molecule has 0 aromatic heterocycles. The molecular formula is C14H20BrNO2. The smallest absolute Gasteiger partial charge is 0.252 e. The zero-order valence-corrected chi connectivity index (χ0v) is 12.5. The van der Waals surface area contributed by atoms with Gasteiger partial charge in [0.15, 0.2) is 0 Å². The van der Waals surface area contributed by atoms with Crippen LogP contribution in [0.1, 0.15) is 35.2 Å². The molecule has 0 bridgehead atoms. The Morgan fingerprint density at radius 3 is 2.78 bits per heavy atom. The number of hydrogen-bond acceptors (Lipinski definition) is 2. The lowest BCUT2D eigenvalue weighted by molar-refractivity contribution is 0.0952. The molecule has 1 amide bonds. The van der Waals surface area contributed by atoms with Gasteiger partial charge < -0.3 is 10.1 Å². The summed E-state index contributed by atoms with van der Waals surface area (Å²) in [6, 6.07) is 5.74. The van der Waals surface area contributed by atoms with Crippen LogP contribution in [0.4, 0.5) is 0 Å². The molecule has 18 heavy (non-hydrogen) atoms. The van der Waals surface area contributed by atoms with Crippen LogP contribution in [-0.4, -0.2) is 26.2 Å². The standard InChI is InChI=1S/C14H20BrNO2/c1-11-6-7-12(13(15)10-11)14(17)16-8-4-3-5-9-18-2/h6-7,10H,3-5,8-9H2,1-2H3,(H,16,17). The molecule has 0 aliphatic heterocycles. The second-order valence-corrected chi connectivity index (χ2v) is 5.15. The SMILES string of the molecule is COCCCCCNC(=O)c1ccc(C)cc1Br. The Kier molecular flexibility index (Phi) is 6.98. The van der Waals surface area contributed by atoms with Crippen LogP contribution in [-0.2, 0) is 4.74 Å². The summed E-state index contributed by atoms with van der Waals surface area (Å²) in [4.78, 5) is 11.9. The monoisotopic (exact) mass is 313 g/mol. The summed E-state index contributed by atoms with van der Waals surface area (Å²) < 4.78 is 5.82. The zero-order chi connectivity index (χ0) is 13.4. The first kappa shape index (κ1) is 15.2. The molecule has 3 nitrogen and oxygen atoms in total. The number of unbranched alkanes of at least 4 members (excludes halogenated alkanes) is 2. The van der Waals surface area contributed by atoms with Crippen LogP contribution in [0.25, 0.3) is 0 Å². The number of nitrogens with one attached hydrogen (secondary N) is 1. The molecule has 0 fully saturated rings. The van der Waals surface area contributed by atoms with Gasteiger partial charge in [-0.15, -0.1) is 0 Å². The molecule has 0 heterocycles. The van der Waals surface area contributed by atoms with Crippen LogP contribution >= 0.6 is 15.9 Å². The van der Waals surface area contributed by atoms with Gasteiger partial charge in [-0.1, -0.05) is 6.07 Å². The van der Waals surface area contributed by atoms with E-state index in [1.54, 1.807) is 7.11 Å². The lowest BCUT2D eigenvalue weighted by atomic mass is 10.1. The van der Waals surface area contributed by atoms with Crippen LogP contribution < -0.4 is 5.32 Å². The second-order valence-electron chi connectivity index (χ2n) is 4.29. The third-order valence-electron chi connectivity index (χ3n) is 2.68. The fraction of sp³-hybridized carbons (Fsp3) is 0.500. The summed E-state index contributed by atoms with van der Waals surface area (Å²) in [6.45, 7) is 3.50. The third kappa shape index (κ3) is 5.19. The second kappa shape index (κ2) is 8.27. The molecular weight excluding hydrogens is 294 g/mol. The quantitative estimate of drug-likeness (QED) is 0.784. The van der Waals surface area contributed by atoms with Gasteiger partial charge in [0.25, 0.3) is 5.91 Å². The van der Waals surface area contributed by atoms with E-state index in [1.807, 2.05) is 25.1 Å². The van der Waals surface area contributed by atoms with Gasteiger partial charge in [0, 0.05) is 24.7 Å². The Bertz CT molecular complexity index is 393. The van der Waals surface area contributed by atoms with Crippen LogP contribution in [0.5, 0.6) is 0 Å². The average Bonchev–Trinajstić information content (AvgIpc) is 2.33. The van der Waals surface area contributed by atoms with Crippen LogP contribution in [0.3, 0.4) is 0 Å². The highest BCUT2D eigenvalue weighted by atomic mass is 79.9. The Balaban J connectivity index is 2.32. The van der Waals surface area contributed by atoms with Gasteiger partial charge in [-0.25, -0.2) is 0 Å². The van der Waals surface area contributed by atoms with Crippen molar-refractivity contribution in [1.82, 2.24) is 5.32 Å². The maximum absolute atomic E-state index is 11.9.